The quantitative estimate of drug-likeness (QED) is 0.889. The van der Waals surface area contributed by atoms with Crippen molar-refractivity contribution in [3.63, 3.8) is 0 Å². The number of nitrogens with zero attached hydrogens (tertiary/aromatic N) is 1. The lowest BCUT2D eigenvalue weighted by Crippen LogP contribution is -2.28. The molecule has 1 saturated heterocycles. The normalized spacial score (nSPS) is 21.7. The van der Waals surface area contributed by atoms with E-state index in [1.165, 1.54) is 6.07 Å². The highest BCUT2D eigenvalue weighted by atomic mass is 19.1. The molecule has 1 fully saturated rings. The Kier molecular flexibility index (Phi) is 3.14. The molecule has 2 aliphatic rings. The highest BCUT2D eigenvalue weighted by Gasteiger charge is 2.32. The van der Waals surface area contributed by atoms with Crippen molar-refractivity contribution in [2.75, 3.05) is 26.3 Å². The molecule has 19 heavy (non-hydrogen) atoms. The zero-order valence-electron chi connectivity index (χ0n) is 10.6. The Morgan fingerprint density at radius 2 is 2.32 bits per heavy atom. The van der Waals surface area contributed by atoms with Gasteiger partial charge in [-0.1, -0.05) is 0 Å². The molecule has 0 aromatic heterocycles. The highest BCUT2D eigenvalue weighted by molar-refractivity contribution is 5.79. The van der Waals surface area contributed by atoms with Crippen LogP contribution in [0, 0.1) is 5.82 Å². The van der Waals surface area contributed by atoms with Gasteiger partial charge in [0.05, 0.1) is 13.2 Å². The number of amides is 1. The zero-order chi connectivity index (χ0) is 13.4. The van der Waals surface area contributed by atoms with Gasteiger partial charge in [0.15, 0.2) is 0 Å². The maximum atomic E-state index is 14.1. The van der Waals surface area contributed by atoms with Gasteiger partial charge in [-0.3, -0.25) is 4.79 Å². The van der Waals surface area contributed by atoms with E-state index in [2.05, 4.69) is 0 Å². The lowest BCUT2D eigenvalue weighted by atomic mass is 9.95. The summed E-state index contributed by atoms with van der Waals surface area (Å²) in [6.07, 6.45) is 1.11. The largest absolute Gasteiger partial charge is 0.493 e. The molecule has 1 amide bonds. The van der Waals surface area contributed by atoms with Crippen molar-refractivity contribution < 1.29 is 19.0 Å². The minimum Gasteiger partial charge on any atom is -0.493 e. The molecule has 5 heteroatoms. The second-order valence-corrected chi connectivity index (χ2v) is 5.04. The summed E-state index contributed by atoms with van der Waals surface area (Å²) in [5.41, 5.74) is 1.61. The van der Waals surface area contributed by atoms with Gasteiger partial charge in [0, 0.05) is 37.9 Å². The predicted molar refractivity (Wildman–Crippen MR) is 66.6 cm³/mol. The van der Waals surface area contributed by atoms with E-state index < -0.39 is 0 Å². The Bertz CT molecular complexity index is 518. The fraction of sp³-hybridized carbons (Fsp3) is 0.500. The van der Waals surface area contributed by atoms with Crippen molar-refractivity contribution >= 4 is 5.91 Å². The number of benzene rings is 1. The molecule has 2 aliphatic heterocycles. The fourth-order valence-electron chi connectivity index (χ4n) is 2.85. The van der Waals surface area contributed by atoms with Crippen LogP contribution in [-0.4, -0.2) is 42.2 Å². The molecule has 0 spiro atoms. The van der Waals surface area contributed by atoms with Gasteiger partial charge in [-0.15, -0.1) is 0 Å². The molecule has 1 N–H and O–H groups in total. The Labute approximate surface area is 110 Å². The Balaban J connectivity index is 1.85. The van der Waals surface area contributed by atoms with Crippen LogP contribution < -0.4 is 4.74 Å². The van der Waals surface area contributed by atoms with Crippen molar-refractivity contribution in [3.8, 4) is 5.75 Å². The molecule has 102 valence electrons. The summed E-state index contributed by atoms with van der Waals surface area (Å²) in [6, 6.07) is 3.26. The van der Waals surface area contributed by atoms with E-state index in [0.717, 1.165) is 12.0 Å². The second-order valence-electron chi connectivity index (χ2n) is 5.04. The molecule has 0 aliphatic carbocycles. The van der Waals surface area contributed by atoms with Gasteiger partial charge < -0.3 is 14.7 Å². The van der Waals surface area contributed by atoms with Gasteiger partial charge in [-0.2, -0.15) is 0 Å². The summed E-state index contributed by atoms with van der Waals surface area (Å²) in [4.78, 5) is 13.4. The van der Waals surface area contributed by atoms with Crippen molar-refractivity contribution in [2.45, 2.75) is 18.8 Å². The van der Waals surface area contributed by atoms with Crippen LogP contribution in [-0.2, 0) is 11.2 Å². The number of hydrogen-bond acceptors (Lipinski definition) is 3. The first kappa shape index (κ1) is 12.4. The average Bonchev–Trinajstić information content (AvgIpc) is 2.96. The molecule has 0 saturated carbocycles. The van der Waals surface area contributed by atoms with Crippen molar-refractivity contribution in [1.29, 1.82) is 0 Å². The molecular weight excluding hydrogens is 249 g/mol. The number of ether oxygens (including phenoxy) is 1. The first-order chi connectivity index (χ1) is 9.19. The molecule has 1 aromatic carbocycles. The van der Waals surface area contributed by atoms with E-state index in [-0.39, 0.29) is 24.2 Å². The lowest BCUT2D eigenvalue weighted by molar-refractivity contribution is -0.128. The third kappa shape index (κ3) is 2.18. The maximum Gasteiger partial charge on any atom is 0.223 e. The molecule has 0 bridgehead atoms. The van der Waals surface area contributed by atoms with Crippen LogP contribution in [0.1, 0.15) is 23.5 Å². The van der Waals surface area contributed by atoms with Crippen molar-refractivity contribution in [3.05, 3.63) is 29.1 Å². The zero-order valence-corrected chi connectivity index (χ0v) is 10.6. The number of aliphatic hydroxyl groups excluding tert-OH is 1. The third-order valence-electron chi connectivity index (χ3n) is 3.83. The number of likely N-dealkylation sites (tertiary alicyclic amines) is 1. The number of rotatable bonds is 3. The fourth-order valence-corrected chi connectivity index (χ4v) is 2.85. The van der Waals surface area contributed by atoms with E-state index in [4.69, 9.17) is 9.84 Å². The van der Waals surface area contributed by atoms with Crippen LogP contribution in [0.15, 0.2) is 12.1 Å². The smallest absolute Gasteiger partial charge is 0.223 e. The Morgan fingerprint density at radius 3 is 3.11 bits per heavy atom. The minimum absolute atomic E-state index is 0.0183. The number of halogens is 1. The SMILES string of the molecule is O=C1CC(c2cc3c(cc2F)OCC3)CN1CCO. The van der Waals surface area contributed by atoms with Gasteiger partial charge in [0.2, 0.25) is 5.91 Å². The van der Waals surface area contributed by atoms with E-state index in [0.29, 0.717) is 37.4 Å². The summed E-state index contributed by atoms with van der Waals surface area (Å²) < 4.78 is 19.4. The van der Waals surface area contributed by atoms with Gasteiger partial charge in [-0.25, -0.2) is 4.39 Å². The number of aliphatic hydroxyl groups is 1. The molecule has 0 radical (unpaired) electrons. The van der Waals surface area contributed by atoms with Crippen molar-refractivity contribution in [1.82, 2.24) is 4.90 Å². The van der Waals surface area contributed by atoms with E-state index in [1.54, 1.807) is 4.90 Å². The number of hydrogen-bond donors (Lipinski definition) is 1. The molecule has 1 unspecified atom stereocenters. The van der Waals surface area contributed by atoms with E-state index in [1.807, 2.05) is 6.07 Å². The number of fused-ring (bicyclic) bond motifs is 1. The lowest BCUT2D eigenvalue weighted by Gasteiger charge is -2.16. The van der Waals surface area contributed by atoms with Crippen LogP contribution in [0.25, 0.3) is 0 Å². The summed E-state index contributed by atoms with van der Waals surface area (Å²) in [7, 11) is 0. The van der Waals surface area contributed by atoms with Gasteiger partial charge in [0.1, 0.15) is 11.6 Å². The van der Waals surface area contributed by atoms with Gasteiger partial charge in [-0.05, 0) is 17.2 Å². The summed E-state index contributed by atoms with van der Waals surface area (Å²) in [5.74, 6) is 0.183. The molecule has 1 atom stereocenters. The first-order valence-corrected chi connectivity index (χ1v) is 6.53. The summed E-state index contributed by atoms with van der Waals surface area (Å²) >= 11 is 0. The number of carbonyl (C=O) groups excluding carboxylic acids is 1. The van der Waals surface area contributed by atoms with Gasteiger partial charge >= 0.3 is 0 Å². The molecule has 1 aromatic rings. The van der Waals surface area contributed by atoms with E-state index in [9.17, 15) is 9.18 Å². The van der Waals surface area contributed by atoms with Crippen LogP contribution >= 0.6 is 0 Å². The van der Waals surface area contributed by atoms with Gasteiger partial charge in [0.25, 0.3) is 0 Å². The molecule has 2 heterocycles. The number of carbonyl (C=O) groups is 1. The van der Waals surface area contributed by atoms with E-state index >= 15 is 0 Å². The van der Waals surface area contributed by atoms with Crippen LogP contribution in [0.3, 0.4) is 0 Å². The average molecular weight is 265 g/mol. The Hall–Kier alpha value is -1.62. The van der Waals surface area contributed by atoms with Crippen LogP contribution in [0.4, 0.5) is 4.39 Å². The minimum atomic E-state index is -0.302. The van der Waals surface area contributed by atoms with Crippen LogP contribution in [0.2, 0.25) is 0 Å². The standard InChI is InChI=1S/C14H16FNO3/c15-12-7-13-9(1-4-19-13)5-11(12)10-6-14(18)16(8-10)2-3-17/h5,7,10,17H,1-4,6,8H2. The molecule has 3 rings (SSSR count). The number of β-amino-alcohol motifs (C(OH)–C–C–N with tert-alkyl or cyclic N) is 1. The van der Waals surface area contributed by atoms with Crippen molar-refractivity contribution in [2.24, 2.45) is 0 Å². The summed E-state index contributed by atoms with van der Waals surface area (Å²) in [6.45, 7) is 1.35. The second kappa shape index (κ2) is 4.81. The predicted octanol–water partition coefficient (Wildman–Crippen LogP) is 1.07. The molecule has 4 nitrogen and oxygen atoms in total. The maximum absolute atomic E-state index is 14.1. The highest BCUT2D eigenvalue weighted by Crippen LogP contribution is 2.35. The Morgan fingerprint density at radius 1 is 1.47 bits per heavy atom. The third-order valence-corrected chi connectivity index (χ3v) is 3.83. The monoisotopic (exact) mass is 265 g/mol. The van der Waals surface area contributed by atoms with Crippen LogP contribution in [0.5, 0.6) is 5.75 Å². The summed E-state index contributed by atoms with van der Waals surface area (Å²) in [5, 5.41) is 8.90. The topological polar surface area (TPSA) is 49.8 Å². The molecular formula is C14H16FNO3. The first-order valence-electron chi connectivity index (χ1n) is 6.53.